The standard InChI is InChI=1S/C16H7O/c1-3-11-7-5-9-13-14-10-6-8-12(4-2)16(14)17-15(11)13/h1-2,5-9H. The average Bonchev–Trinajstić information content (AvgIpc) is 2.77. The number of para-hydroxylation sites is 1. The van der Waals surface area contributed by atoms with Gasteiger partial charge in [0.15, 0.2) is 11.2 Å². The van der Waals surface area contributed by atoms with Gasteiger partial charge in [-0.1, -0.05) is 30.0 Å². The zero-order chi connectivity index (χ0) is 11.8. The third-order valence-electron chi connectivity index (χ3n) is 2.75. The largest absolute Gasteiger partial charge is 0.453 e. The van der Waals surface area contributed by atoms with Crippen LogP contribution in [0.1, 0.15) is 11.1 Å². The molecule has 17 heavy (non-hydrogen) atoms. The molecule has 0 saturated carbocycles. The van der Waals surface area contributed by atoms with Gasteiger partial charge in [-0.3, -0.25) is 0 Å². The van der Waals surface area contributed by atoms with Gasteiger partial charge in [-0.15, -0.1) is 12.8 Å². The molecule has 0 N–H and O–H groups in total. The van der Waals surface area contributed by atoms with Gasteiger partial charge in [0, 0.05) is 10.8 Å². The van der Waals surface area contributed by atoms with Crippen LogP contribution in [0.3, 0.4) is 0 Å². The van der Waals surface area contributed by atoms with Crippen molar-refractivity contribution in [2.75, 3.05) is 0 Å². The van der Waals surface area contributed by atoms with E-state index in [-0.39, 0.29) is 0 Å². The molecule has 0 aliphatic carbocycles. The predicted molar refractivity (Wildman–Crippen MR) is 68.4 cm³/mol. The van der Waals surface area contributed by atoms with Gasteiger partial charge in [0.1, 0.15) is 0 Å². The molecule has 3 aromatic rings. The lowest BCUT2D eigenvalue weighted by Gasteiger charge is -1.90. The summed E-state index contributed by atoms with van der Waals surface area (Å²) >= 11 is 0. The van der Waals surface area contributed by atoms with Crippen LogP contribution in [-0.4, -0.2) is 0 Å². The van der Waals surface area contributed by atoms with Crippen molar-refractivity contribution in [1.82, 2.24) is 0 Å². The number of furan rings is 1. The summed E-state index contributed by atoms with van der Waals surface area (Å²) in [6, 6.07) is 12.5. The quantitative estimate of drug-likeness (QED) is 0.524. The Labute approximate surface area is 99.0 Å². The van der Waals surface area contributed by atoms with Crippen LogP contribution in [0.5, 0.6) is 0 Å². The Morgan fingerprint density at radius 3 is 2.53 bits per heavy atom. The van der Waals surface area contributed by atoms with Gasteiger partial charge >= 0.3 is 0 Å². The van der Waals surface area contributed by atoms with Crippen LogP contribution in [0.25, 0.3) is 21.9 Å². The van der Waals surface area contributed by atoms with Gasteiger partial charge in [-0.05, 0) is 18.2 Å². The molecular weight excluding hydrogens is 208 g/mol. The number of hydrogen-bond acceptors (Lipinski definition) is 1. The molecule has 0 aliphatic rings. The predicted octanol–water partition coefficient (Wildman–Crippen LogP) is 3.35. The molecule has 1 radical (unpaired) electrons. The van der Waals surface area contributed by atoms with E-state index in [0.29, 0.717) is 11.2 Å². The molecule has 0 atom stereocenters. The maximum atomic E-state index is 5.78. The summed E-state index contributed by atoms with van der Waals surface area (Å²) < 4.78 is 5.78. The molecular formula is C16H7O. The van der Waals surface area contributed by atoms with Gasteiger partial charge in [-0.2, -0.15) is 0 Å². The van der Waals surface area contributed by atoms with Crippen LogP contribution in [-0.2, 0) is 0 Å². The van der Waals surface area contributed by atoms with Crippen LogP contribution in [0.4, 0.5) is 0 Å². The Balaban J connectivity index is 2.60. The lowest BCUT2D eigenvalue weighted by atomic mass is 10.1. The first-order valence-electron chi connectivity index (χ1n) is 5.14. The van der Waals surface area contributed by atoms with Crippen molar-refractivity contribution >= 4 is 21.9 Å². The number of hydrogen-bond donors (Lipinski definition) is 0. The molecule has 0 unspecified atom stereocenters. The SMILES string of the molecule is C#Cc1cc[c]c2c1oc1c(C#C)cccc12. The second kappa shape index (κ2) is 3.44. The summed E-state index contributed by atoms with van der Waals surface area (Å²) in [4.78, 5) is 0. The van der Waals surface area contributed by atoms with Crippen LogP contribution < -0.4 is 0 Å². The molecule has 1 aromatic heterocycles. The van der Waals surface area contributed by atoms with E-state index in [4.69, 9.17) is 17.3 Å². The maximum absolute atomic E-state index is 5.78. The second-order valence-corrected chi connectivity index (χ2v) is 3.67. The minimum atomic E-state index is 0.674. The van der Waals surface area contributed by atoms with E-state index in [1.165, 1.54) is 0 Å². The molecule has 2 aromatic carbocycles. The van der Waals surface area contributed by atoms with Gasteiger partial charge < -0.3 is 4.42 Å². The highest BCUT2D eigenvalue weighted by Crippen LogP contribution is 2.31. The Bertz CT molecular complexity index is 739. The zero-order valence-corrected chi connectivity index (χ0v) is 8.95. The highest BCUT2D eigenvalue weighted by molar-refractivity contribution is 6.07. The summed E-state index contributed by atoms with van der Waals surface area (Å²) in [6.07, 6.45) is 10.9. The van der Waals surface area contributed by atoms with E-state index in [9.17, 15) is 0 Å². The van der Waals surface area contributed by atoms with E-state index >= 15 is 0 Å². The minimum absolute atomic E-state index is 0.674. The third kappa shape index (κ3) is 1.24. The lowest BCUT2D eigenvalue weighted by molar-refractivity contribution is 0.666. The van der Waals surface area contributed by atoms with Crippen LogP contribution >= 0.6 is 0 Å². The van der Waals surface area contributed by atoms with E-state index in [1.54, 1.807) is 12.1 Å². The van der Waals surface area contributed by atoms with E-state index < -0.39 is 0 Å². The molecule has 0 saturated heterocycles. The molecule has 1 heterocycles. The van der Waals surface area contributed by atoms with Crippen molar-refractivity contribution in [3.8, 4) is 24.7 Å². The first-order chi connectivity index (χ1) is 8.35. The first-order valence-corrected chi connectivity index (χ1v) is 5.14. The molecule has 3 rings (SSSR count). The van der Waals surface area contributed by atoms with E-state index in [2.05, 4.69) is 17.9 Å². The number of rotatable bonds is 0. The fourth-order valence-electron chi connectivity index (χ4n) is 1.96. The molecule has 0 amide bonds. The Morgan fingerprint density at radius 1 is 1.00 bits per heavy atom. The molecule has 0 aliphatic heterocycles. The normalized spacial score (nSPS) is 10.2. The maximum Gasteiger partial charge on any atom is 0.151 e. The second-order valence-electron chi connectivity index (χ2n) is 3.67. The lowest BCUT2D eigenvalue weighted by Crippen LogP contribution is -1.74. The van der Waals surface area contributed by atoms with Crippen LogP contribution in [0.15, 0.2) is 34.7 Å². The molecule has 1 heteroatoms. The van der Waals surface area contributed by atoms with Crippen molar-refractivity contribution < 1.29 is 4.42 Å². The Kier molecular flexibility index (Phi) is 1.94. The van der Waals surface area contributed by atoms with Gasteiger partial charge in [-0.25, -0.2) is 0 Å². The van der Waals surface area contributed by atoms with Gasteiger partial charge in [0.2, 0.25) is 0 Å². The average molecular weight is 215 g/mol. The number of fused-ring (bicyclic) bond motifs is 3. The Hall–Kier alpha value is -2.64. The van der Waals surface area contributed by atoms with Crippen molar-refractivity contribution in [3.63, 3.8) is 0 Å². The highest BCUT2D eigenvalue weighted by atomic mass is 16.3. The molecule has 77 valence electrons. The Morgan fingerprint density at radius 2 is 1.76 bits per heavy atom. The fraction of sp³-hybridized carbons (Fsp3) is 0. The molecule has 0 spiro atoms. The highest BCUT2D eigenvalue weighted by Gasteiger charge is 2.11. The topological polar surface area (TPSA) is 13.1 Å². The smallest absolute Gasteiger partial charge is 0.151 e. The van der Waals surface area contributed by atoms with Crippen LogP contribution in [0.2, 0.25) is 0 Å². The summed E-state index contributed by atoms with van der Waals surface area (Å²) in [7, 11) is 0. The third-order valence-corrected chi connectivity index (χ3v) is 2.75. The van der Waals surface area contributed by atoms with E-state index in [1.807, 2.05) is 18.2 Å². The van der Waals surface area contributed by atoms with Crippen molar-refractivity contribution in [1.29, 1.82) is 0 Å². The van der Waals surface area contributed by atoms with Gasteiger partial charge in [0.05, 0.1) is 11.1 Å². The number of terminal acetylenes is 2. The van der Waals surface area contributed by atoms with Gasteiger partial charge in [0.25, 0.3) is 0 Å². The summed E-state index contributed by atoms with van der Waals surface area (Å²) in [6.45, 7) is 0. The van der Waals surface area contributed by atoms with Crippen molar-refractivity contribution in [3.05, 3.63) is 47.5 Å². The molecule has 0 bridgehead atoms. The molecule has 1 nitrogen and oxygen atoms in total. The summed E-state index contributed by atoms with van der Waals surface area (Å²) in [5.41, 5.74) is 2.82. The van der Waals surface area contributed by atoms with Crippen LogP contribution in [0, 0.1) is 30.8 Å². The number of benzene rings is 2. The fourth-order valence-corrected chi connectivity index (χ4v) is 1.96. The monoisotopic (exact) mass is 215 g/mol. The minimum Gasteiger partial charge on any atom is -0.453 e. The molecule has 0 fully saturated rings. The summed E-state index contributed by atoms with van der Waals surface area (Å²) in [5.74, 6) is 5.21. The van der Waals surface area contributed by atoms with Crippen molar-refractivity contribution in [2.24, 2.45) is 0 Å². The first kappa shape index (κ1) is 9.58. The zero-order valence-electron chi connectivity index (χ0n) is 8.95. The summed E-state index contributed by atoms with van der Waals surface area (Å²) in [5, 5.41) is 1.83. The van der Waals surface area contributed by atoms with Crippen molar-refractivity contribution in [2.45, 2.75) is 0 Å². The van der Waals surface area contributed by atoms with E-state index in [0.717, 1.165) is 21.9 Å².